The Labute approximate surface area is 159 Å². The summed E-state index contributed by atoms with van der Waals surface area (Å²) in [6.07, 6.45) is 0. The molecule has 3 rings (SSSR count). The molecule has 0 saturated carbocycles. The summed E-state index contributed by atoms with van der Waals surface area (Å²) in [5.41, 5.74) is 2.77. The molecule has 4 nitrogen and oxygen atoms in total. The van der Waals surface area contributed by atoms with Gasteiger partial charge >= 0.3 is 7.12 Å². The van der Waals surface area contributed by atoms with Gasteiger partial charge in [0.1, 0.15) is 6.61 Å². The van der Waals surface area contributed by atoms with Gasteiger partial charge in [-0.15, -0.1) is 0 Å². The van der Waals surface area contributed by atoms with Crippen LogP contribution in [-0.4, -0.2) is 17.3 Å². The molecule has 9 heteroatoms. The molecule has 2 aromatic rings. The van der Waals surface area contributed by atoms with Crippen LogP contribution in [0.5, 0.6) is 0 Å². The van der Waals surface area contributed by atoms with Crippen molar-refractivity contribution in [2.24, 2.45) is 0 Å². The van der Waals surface area contributed by atoms with Gasteiger partial charge in [0.25, 0.3) is 5.17 Å². The second-order valence-electron chi connectivity index (χ2n) is 5.11. The first-order valence-corrected chi connectivity index (χ1v) is 8.48. The minimum absolute atomic E-state index is 0.149. The van der Waals surface area contributed by atoms with Crippen molar-refractivity contribution in [3.8, 4) is 0 Å². The molecule has 0 amide bonds. The van der Waals surface area contributed by atoms with Crippen LogP contribution in [-0.2, 0) is 22.6 Å². The molecule has 0 aliphatic carbocycles. The van der Waals surface area contributed by atoms with Gasteiger partial charge < -0.3 is 19.7 Å². The lowest BCUT2D eigenvalue weighted by Gasteiger charge is -2.13. The molecule has 0 aromatic heterocycles. The number of rotatable bonds is 3. The number of thiocarbonyl (C=S) groups is 1. The van der Waals surface area contributed by atoms with E-state index in [1.807, 2.05) is 6.07 Å². The van der Waals surface area contributed by atoms with Crippen LogP contribution in [0.25, 0.3) is 0 Å². The zero-order valence-electron chi connectivity index (χ0n) is 12.2. The second kappa shape index (κ2) is 7.48. The Hall–Kier alpha value is -1.02. The molecule has 1 aliphatic rings. The largest absolute Gasteiger partial charge is 0.493 e. The van der Waals surface area contributed by atoms with E-state index in [9.17, 15) is 5.02 Å². The molecule has 1 heterocycles. The summed E-state index contributed by atoms with van der Waals surface area (Å²) >= 11 is 23.3. The third-order valence-electron chi connectivity index (χ3n) is 3.50. The number of fused-ring (bicyclic) bond motifs is 1. The second-order valence-corrected chi connectivity index (χ2v) is 6.68. The van der Waals surface area contributed by atoms with Crippen molar-refractivity contribution in [2.45, 2.75) is 13.2 Å². The fourth-order valence-electron chi connectivity index (χ4n) is 2.30. The lowest BCUT2D eigenvalue weighted by atomic mass is 9.79. The van der Waals surface area contributed by atoms with E-state index >= 15 is 0 Å². The molecule has 0 fully saturated rings. The van der Waals surface area contributed by atoms with E-state index in [2.05, 4.69) is 5.32 Å². The van der Waals surface area contributed by atoms with Crippen LogP contribution >= 0.6 is 47.0 Å². The Morgan fingerprint density at radius 1 is 1.25 bits per heavy atom. The minimum Gasteiger partial charge on any atom is -0.466 e. The van der Waals surface area contributed by atoms with Gasteiger partial charge in [-0.1, -0.05) is 46.9 Å². The Morgan fingerprint density at radius 2 is 2.04 bits per heavy atom. The summed E-state index contributed by atoms with van der Waals surface area (Å²) in [6, 6.07) is 8.78. The molecule has 2 N–H and O–H groups in total. The van der Waals surface area contributed by atoms with Gasteiger partial charge in [-0.05, 0) is 41.5 Å². The van der Waals surface area contributed by atoms with Gasteiger partial charge in [-0.3, -0.25) is 0 Å². The zero-order valence-corrected chi connectivity index (χ0v) is 15.3. The maximum absolute atomic E-state index is 9.80. The summed E-state index contributed by atoms with van der Waals surface area (Å²) < 4.78 is 10.6. The summed E-state index contributed by atoms with van der Waals surface area (Å²) in [5.74, 6) is 0. The van der Waals surface area contributed by atoms with E-state index in [1.54, 1.807) is 24.3 Å². The minimum atomic E-state index is -1.03. The maximum Gasteiger partial charge on any atom is 0.493 e. The van der Waals surface area contributed by atoms with Gasteiger partial charge in [-0.2, -0.15) is 0 Å². The summed E-state index contributed by atoms with van der Waals surface area (Å²) in [4.78, 5) is 0. The smallest absolute Gasteiger partial charge is 0.466 e. The quantitative estimate of drug-likeness (QED) is 0.605. The fourth-order valence-corrected chi connectivity index (χ4v) is 3.11. The standard InChI is InChI=1S/C15H11BCl3NO3S/c17-10-3-1-8(5-11(10)18)6-22-15(24)20-12-4-2-9-7-23-16(21)13(9)14(12)19/h1-5,21H,6-7H2,(H,20,24). The molecule has 24 heavy (non-hydrogen) atoms. The predicted molar refractivity (Wildman–Crippen MR) is 101 cm³/mol. The van der Waals surface area contributed by atoms with E-state index in [0.29, 0.717) is 32.8 Å². The number of hydrogen-bond acceptors (Lipinski definition) is 4. The highest BCUT2D eigenvalue weighted by Crippen LogP contribution is 2.26. The molecule has 0 atom stereocenters. The molecule has 0 unspecified atom stereocenters. The van der Waals surface area contributed by atoms with Gasteiger partial charge in [0.05, 0.1) is 27.4 Å². The van der Waals surface area contributed by atoms with Gasteiger partial charge in [0.15, 0.2) is 0 Å². The van der Waals surface area contributed by atoms with Gasteiger partial charge in [0, 0.05) is 5.46 Å². The fraction of sp³-hybridized carbons (Fsp3) is 0.133. The van der Waals surface area contributed by atoms with Crippen molar-refractivity contribution in [1.29, 1.82) is 0 Å². The third kappa shape index (κ3) is 3.80. The number of nitrogens with one attached hydrogen (secondary N) is 1. The normalized spacial score (nSPS) is 12.9. The van der Waals surface area contributed by atoms with Gasteiger partial charge in [-0.25, -0.2) is 0 Å². The number of hydrogen-bond donors (Lipinski definition) is 2. The molecule has 0 spiro atoms. The summed E-state index contributed by atoms with van der Waals surface area (Å²) in [5, 5.41) is 14.1. The first-order chi connectivity index (χ1) is 11.5. The summed E-state index contributed by atoms with van der Waals surface area (Å²) in [7, 11) is -1.03. The Kier molecular flexibility index (Phi) is 5.54. The topological polar surface area (TPSA) is 50.7 Å². The van der Waals surface area contributed by atoms with E-state index < -0.39 is 7.12 Å². The zero-order chi connectivity index (χ0) is 17.3. The van der Waals surface area contributed by atoms with Crippen molar-refractivity contribution in [2.75, 3.05) is 5.32 Å². The van der Waals surface area contributed by atoms with Crippen LogP contribution in [0.4, 0.5) is 5.69 Å². The molecule has 0 saturated heterocycles. The van der Waals surface area contributed by atoms with E-state index in [0.717, 1.165) is 11.1 Å². The van der Waals surface area contributed by atoms with Crippen molar-refractivity contribution in [3.63, 3.8) is 0 Å². The molecule has 0 radical (unpaired) electrons. The summed E-state index contributed by atoms with van der Waals surface area (Å²) in [6.45, 7) is 0.561. The van der Waals surface area contributed by atoms with Crippen LogP contribution in [0, 0.1) is 0 Å². The predicted octanol–water partition coefficient (Wildman–Crippen LogP) is 3.78. The molecule has 124 valence electrons. The van der Waals surface area contributed by atoms with E-state index in [-0.39, 0.29) is 11.8 Å². The van der Waals surface area contributed by atoms with Crippen LogP contribution in [0.3, 0.4) is 0 Å². The highest BCUT2D eigenvalue weighted by Gasteiger charge is 2.31. The van der Waals surface area contributed by atoms with E-state index in [4.69, 9.17) is 56.4 Å². The number of anilines is 1. The highest BCUT2D eigenvalue weighted by molar-refractivity contribution is 7.80. The van der Waals surface area contributed by atoms with Crippen molar-refractivity contribution < 1.29 is 14.4 Å². The van der Waals surface area contributed by atoms with Crippen LogP contribution in [0.15, 0.2) is 30.3 Å². The first kappa shape index (κ1) is 17.8. The SMILES string of the molecule is OB1OCc2ccc(NC(=S)OCc3ccc(Cl)c(Cl)c3)c(Cl)c21. The lowest BCUT2D eigenvalue weighted by Crippen LogP contribution is -2.30. The number of benzene rings is 2. The molecule has 0 bridgehead atoms. The van der Waals surface area contributed by atoms with Crippen LogP contribution in [0.2, 0.25) is 15.1 Å². The molecule has 2 aromatic carbocycles. The maximum atomic E-state index is 9.80. The molecule has 1 aliphatic heterocycles. The van der Waals surface area contributed by atoms with E-state index in [1.165, 1.54) is 0 Å². The Morgan fingerprint density at radius 3 is 2.79 bits per heavy atom. The van der Waals surface area contributed by atoms with Crippen molar-refractivity contribution in [1.82, 2.24) is 0 Å². The average Bonchev–Trinajstić information content (AvgIpc) is 2.93. The third-order valence-corrected chi connectivity index (χ3v) is 4.87. The number of ether oxygens (including phenoxy) is 1. The van der Waals surface area contributed by atoms with Crippen molar-refractivity contribution in [3.05, 3.63) is 56.5 Å². The van der Waals surface area contributed by atoms with Crippen LogP contribution < -0.4 is 10.8 Å². The molecular formula is C15H11BCl3NO3S. The highest BCUT2D eigenvalue weighted by atomic mass is 35.5. The van der Waals surface area contributed by atoms with Crippen LogP contribution in [0.1, 0.15) is 11.1 Å². The monoisotopic (exact) mass is 401 g/mol. The average molecular weight is 402 g/mol. The molecular weight excluding hydrogens is 391 g/mol. The Balaban J connectivity index is 1.65. The first-order valence-electron chi connectivity index (χ1n) is 6.94. The lowest BCUT2D eigenvalue weighted by molar-refractivity contribution is 0.275. The van der Waals surface area contributed by atoms with Crippen molar-refractivity contribution >= 4 is 70.5 Å². The number of halogens is 3. The Bertz CT molecular complexity index is 806. The van der Waals surface area contributed by atoms with Gasteiger partial charge in [0.2, 0.25) is 0 Å².